The maximum Gasteiger partial charge on any atom is 0.305 e. The van der Waals surface area contributed by atoms with E-state index in [1.807, 2.05) is 4.72 Å². The van der Waals surface area contributed by atoms with Gasteiger partial charge in [0.25, 0.3) is 0 Å². The van der Waals surface area contributed by atoms with Gasteiger partial charge in [-0.1, -0.05) is 0 Å². The zero-order chi connectivity index (χ0) is 15.3. The second-order valence-corrected chi connectivity index (χ2v) is 5.70. The molecule has 0 unspecified atom stereocenters. The Bertz CT molecular complexity index is 581. The topological polar surface area (TPSA) is 72.5 Å². The van der Waals surface area contributed by atoms with Gasteiger partial charge < -0.3 is 4.74 Å². The summed E-state index contributed by atoms with van der Waals surface area (Å²) < 4.78 is 67.9. The fourth-order valence-electron chi connectivity index (χ4n) is 1.35. The van der Waals surface area contributed by atoms with Crippen LogP contribution in [0.1, 0.15) is 12.8 Å². The minimum Gasteiger partial charge on any atom is -0.469 e. The van der Waals surface area contributed by atoms with Crippen LogP contribution in [0.5, 0.6) is 0 Å². The van der Waals surface area contributed by atoms with Gasteiger partial charge in [-0.15, -0.1) is 0 Å². The summed E-state index contributed by atoms with van der Waals surface area (Å²) in [6.45, 7) is 0. The number of hydrogen-bond acceptors (Lipinski definition) is 4. The number of hydrogen-bond donors (Lipinski definition) is 1. The molecule has 0 heterocycles. The van der Waals surface area contributed by atoms with Crippen LogP contribution in [0.2, 0.25) is 0 Å². The monoisotopic (exact) mass is 311 g/mol. The Labute approximate surface area is 113 Å². The minimum atomic E-state index is -3.90. The molecule has 0 saturated heterocycles. The number of esters is 1. The third-order valence-corrected chi connectivity index (χ3v) is 3.65. The van der Waals surface area contributed by atoms with E-state index in [9.17, 15) is 26.4 Å². The predicted octanol–water partition coefficient (Wildman–Crippen LogP) is 1.80. The van der Waals surface area contributed by atoms with Crippen molar-refractivity contribution in [3.05, 3.63) is 29.6 Å². The van der Waals surface area contributed by atoms with Crippen molar-refractivity contribution in [2.45, 2.75) is 12.8 Å². The molecule has 0 aliphatic heterocycles. The van der Waals surface area contributed by atoms with E-state index in [1.165, 1.54) is 7.11 Å². The second-order valence-electron chi connectivity index (χ2n) is 3.85. The molecule has 1 aromatic carbocycles. The normalized spacial score (nSPS) is 11.2. The molecule has 0 saturated carbocycles. The number of carbonyl (C=O) groups is 1. The molecule has 1 rings (SSSR count). The Balaban J connectivity index is 2.69. The summed E-state index contributed by atoms with van der Waals surface area (Å²) in [5.74, 6) is -5.70. The molecule has 0 aromatic heterocycles. The fraction of sp³-hybridized carbons (Fsp3) is 0.364. The van der Waals surface area contributed by atoms with Gasteiger partial charge in [0.05, 0.1) is 18.6 Å². The van der Waals surface area contributed by atoms with Crippen molar-refractivity contribution in [1.29, 1.82) is 0 Å². The number of benzene rings is 1. The van der Waals surface area contributed by atoms with Crippen molar-refractivity contribution in [3.8, 4) is 0 Å². The average molecular weight is 311 g/mol. The van der Waals surface area contributed by atoms with Gasteiger partial charge >= 0.3 is 5.97 Å². The lowest BCUT2D eigenvalue weighted by Crippen LogP contribution is -2.18. The maximum atomic E-state index is 12.9. The summed E-state index contributed by atoms with van der Waals surface area (Å²) in [6.07, 6.45) is -0.127. The van der Waals surface area contributed by atoms with Gasteiger partial charge in [-0.25, -0.2) is 21.6 Å². The largest absolute Gasteiger partial charge is 0.469 e. The zero-order valence-corrected chi connectivity index (χ0v) is 11.3. The van der Waals surface area contributed by atoms with E-state index in [4.69, 9.17) is 0 Å². The summed E-state index contributed by atoms with van der Waals surface area (Å²) in [7, 11) is -2.73. The van der Waals surface area contributed by atoms with Crippen LogP contribution >= 0.6 is 0 Å². The van der Waals surface area contributed by atoms with Gasteiger partial charge in [0.15, 0.2) is 17.5 Å². The Morgan fingerprint density at radius 3 is 2.30 bits per heavy atom. The van der Waals surface area contributed by atoms with E-state index < -0.39 is 44.9 Å². The van der Waals surface area contributed by atoms with E-state index in [-0.39, 0.29) is 12.8 Å². The Morgan fingerprint density at radius 1 is 1.25 bits per heavy atom. The van der Waals surface area contributed by atoms with Crippen LogP contribution in [-0.2, 0) is 19.6 Å². The van der Waals surface area contributed by atoms with Crippen molar-refractivity contribution in [2.75, 3.05) is 17.6 Å². The van der Waals surface area contributed by atoms with E-state index in [0.717, 1.165) is 0 Å². The number of ether oxygens (including phenoxy) is 1. The highest BCUT2D eigenvalue weighted by Crippen LogP contribution is 2.18. The van der Waals surface area contributed by atoms with E-state index in [2.05, 4.69) is 4.74 Å². The molecule has 0 fully saturated rings. The second kappa shape index (κ2) is 6.60. The van der Waals surface area contributed by atoms with Crippen molar-refractivity contribution in [1.82, 2.24) is 0 Å². The van der Waals surface area contributed by atoms with Gasteiger partial charge in [-0.2, -0.15) is 0 Å². The standard InChI is InChI=1S/C11H12F3NO4S/c1-19-10(16)3-2-4-20(17,18)15-7-5-8(12)11(14)9(13)6-7/h5-6,15H,2-4H2,1H3. The van der Waals surface area contributed by atoms with Gasteiger partial charge in [-0.05, 0) is 6.42 Å². The first-order chi connectivity index (χ1) is 9.25. The minimum absolute atomic E-state index is 0.0197. The maximum absolute atomic E-state index is 12.9. The number of sulfonamides is 1. The van der Waals surface area contributed by atoms with E-state index in [0.29, 0.717) is 12.1 Å². The SMILES string of the molecule is COC(=O)CCCS(=O)(=O)Nc1cc(F)c(F)c(F)c1. The van der Waals surface area contributed by atoms with Crippen molar-refractivity contribution < 1.29 is 31.1 Å². The highest BCUT2D eigenvalue weighted by molar-refractivity contribution is 7.92. The number of carbonyl (C=O) groups excluding carboxylic acids is 1. The number of anilines is 1. The van der Waals surface area contributed by atoms with Crippen LogP contribution in [-0.4, -0.2) is 27.2 Å². The molecule has 0 atom stereocenters. The molecule has 1 aromatic rings. The number of halogens is 3. The van der Waals surface area contributed by atoms with E-state index in [1.54, 1.807) is 0 Å². The van der Waals surface area contributed by atoms with E-state index >= 15 is 0 Å². The summed E-state index contributed by atoms with van der Waals surface area (Å²) >= 11 is 0. The molecule has 112 valence electrons. The smallest absolute Gasteiger partial charge is 0.305 e. The molecule has 0 radical (unpaired) electrons. The number of methoxy groups -OCH3 is 1. The van der Waals surface area contributed by atoms with Crippen LogP contribution < -0.4 is 4.72 Å². The van der Waals surface area contributed by atoms with Crippen LogP contribution in [0.15, 0.2) is 12.1 Å². The molecule has 0 bridgehead atoms. The van der Waals surface area contributed by atoms with Gasteiger partial charge in [-0.3, -0.25) is 9.52 Å². The quantitative estimate of drug-likeness (QED) is 0.642. The van der Waals surface area contributed by atoms with Crippen LogP contribution in [0.3, 0.4) is 0 Å². The first-order valence-electron chi connectivity index (χ1n) is 5.47. The highest BCUT2D eigenvalue weighted by atomic mass is 32.2. The number of rotatable bonds is 6. The molecular weight excluding hydrogens is 299 g/mol. The highest BCUT2D eigenvalue weighted by Gasteiger charge is 2.16. The third-order valence-electron chi connectivity index (χ3n) is 2.28. The Morgan fingerprint density at radius 2 is 1.80 bits per heavy atom. The Kier molecular flexibility index (Phi) is 5.37. The lowest BCUT2D eigenvalue weighted by molar-refractivity contribution is -0.140. The first kappa shape index (κ1) is 16.3. The molecule has 5 nitrogen and oxygen atoms in total. The molecule has 20 heavy (non-hydrogen) atoms. The van der Waals surface area contributed by atoms with Gasteiger partial charge in [0.2, 0.25) is 10.0 Å². The van der Waals surface area contributed by atoms with Gasteiger partial charge in [0.1, 0.15) is 0 Å². The van der Waals surface area contributed by atoms with Crippen molar-refractivity contribution in [2.24, 2.45) is 0 Å². The third kappa shape index (κ3) is 4.72. The van der Waals surface area contributed by atoms with Crippen LogP contribution in [0, 0.1) is 17.5 Å². The fourth-order valence-corrected chi connectivity index (χ4v) is 2.46. The van der Waals surface area contributed by atoms with Crippen LogP contribution in [0.4, 0.5) is 18.9 Å². The van der Waals surface area contributed by atoms with Crippen molar-refractivity contribution >= 4 is 21.7 Å². The molecular formula is C11H12F3NO4S. The van der Waals surface area contributed by atoms with Crippen molar-refractivity contribution in [3.63, 3.8) is 0 Å². The lowest BCUT2D eigenvalue weighted by Gasteiger charge is -2.08. The molecule has 1 N–H and O–H groups in total. The average Bonchev–Trinajstić information content (AvgIpc) is 2.34. The molecule has 0 spiro atoms. The molecule has 0 aliphatic rings. The lowest BCUT2D eigenvalue weighted by atomic mass is 10.3. The van der Waals surface area contributed by atoms with Crippen LogP contribution in [0.25, 0.3) is 0 Å². The number of nitrogens with one attached hydrogen (secondary N) is 1. The molecule has 0 amide bonds. The summed E-state index contributed by atoms with van der Waals surface area (Å²) in [4.78, 5) is 10.8. The summed E-state index contributed by atoms with van der Waals surface area (Å²) in [5.41, 5.74) is -0.431. The predicted molar refractivity (Wildman–Crippen MR) is 65.0 cm³/mol. The Hall–Kier alpha value is -1.77. The van der Waals surface area contributed by atoms with Gasteiger partial charge in [0, 0.05) is 18.6 Å². The molecule has 0 aliphatic carbocycles. The summed E-state index contributed by atoms with van der Waals surface area (Å²) in [6, 6.07) is 1.05. The summed E-state index contributed by atoms with van der Waals surface area (Å²) in [5, 5.41) is 0. The molecule has 9 heteroatoms. The zero-order valence-electron chi connectivity index (χ0n) is 10.5. The first-order valence-corrected chi connectivity index (χ1v) is 7.12.